The van der Waals surface area contributed by atoms with Crippen LogP contribution in [0.3, 0.4) is 0 Å². The third kappa shape index (κ3) is 2.91. The predicted molar refractivity (Wildman–Crippen MR) is 65.5 cm³/mol. The van der Waals surface area contributed by atoms with Gasteiger partial charge in [0.1, 0.15) is 6.29 Å². The third-order valence-corrected chi connectivity index (χ3v) is 8.44. The molecule has 0 radical (unpaired) electrons. The molecule has 0 aromatic rings. The highest BCUT2D eigenvalue weighted by molar-refractivity contribution is 6.74. The van der Waals surface area contributed by atoms with Gasteiger partial charge in [-0.3, -0.25) is 0 Å². The molecule has 3 heteroatoms. The van der Waals surface area contributed by atoms with Crippen LogP contribution >= 0.6 is 0 Å². The molecule has 88 valence electrons. The van der Waals surface area contributed by atoms with Crippen molar-refractivity contribution in [1.29, 1.82) is 0 Å². The number of hydrogen-bond donors (Lipinski definition) is 0. The van der Waals surface area contributed by atoms with Gasteiger partial charge in [0.2, 0.25) is 0 Å². The van der Waals surface area contributed by atoms with Crippen LogP contribution in [0.5, 0.6) is 0 Å². The van der Waals surface area contributed by atoms with Crippen LogP contribution in [0, 0.1) is 5.92 Å². The highest BCUT2D eigenvalue weighted by Crippen LogP contribution is 2.40. The molecule has 0 N–H and O–H groups in total. The quantitative estimate of drug-likeness (QED) is 0.547. The lowest BCUT2D eigenvalue weighted by molar-refractivity contribution is -0.113. The normalized spacial score (nSPS) is 28.1. The molecule has 1 saturated carbocycles. The Kier molecular flexibility index (Phi) is 3.77. The molecule has 0 amide bonds. The lowest BCUT2D eigenvalue weighted by Crippen LogP contribution is -2.44. The van der Waals surface area contributed by atoms with Gasteiger partial charge in [0.15, 0.2) is 8.32 Å². The van der Waals surface area contributed by atoms with Crippen LogP contribution in [0.15, 0.2) is 0 Å². The summed E-state index contributed by atoms with van der Waals surface area (Å²) in [6.45, 7) is 11.2. The van der Waals surface area contributed by atoms with Gasteiger partial charge < -0.3 is 9.22 Å². The van der Waals surface area contributed by atoms with Gasteiger partial charge in [-0.15, -0.1) is 0 Å². The molecule has 1 aliphatic rings. The van der Waals surface area contributed by atoms with Crippen LogP contribution in [0.2, 0.25) is 18.1 Å². The lowest BCUT2D eigenvalue weighted by Gasteiger charge is -2.39. The van der Waals surface area contributed by atoms with Gasteiger partial charge in [0.25, 0.3) is 0 Å². The number of aldehydes is 1. The summed E-state index contributed by atoms with van der Waals surface area (Å²) < 4.78 is 6.27. The summed E-state index contributed by atoms with van der Waals surface area (Å²) in [5.41, 5.74) is 0. The van der Waals surface area contributed by atoms with Crippen molar-refractivity contribution < 1.29 is 9.22 Å². The van der Waals surface area contributed by atoms with Crippen molar-refractivity contribution in [3.05, 3.63) is 0 Å². The first-order chi connectivity index (χ1) is 6.78. The van der Waals surface area contributed by atoms with E-state index >= 15 is 0 Å². The Bertz CT molecular complexity index is 230. The summed E-state index contributed by atoms with van der Waals surface area (Å²) >= 11 is 0. The van der Waals surface area contributed by atoms with E-state index in [9.17, 15) is 4.79 Å². The monoisotopic (exact) mass is 228 g/mol. The van der Waals surface area contributed by atoms with E-state index in [2.05, 4.69) is 33.9 Å². The van der Waals surface area contributed by atoms with E-state index in [0.29, 0.717) is 0 Å². The van der Waals surface area contributed by atoms with Gasteiger partial charge >= 0.3 is 0 Å². The van der Waals surface area contributed by atoms with Gasteiger partial charge in [-0.05, 0) is 31.0 Å². The number of rotatable bonds is 3. The van der Waals surface area contributed by atoms with Gasteiger partial charge in [-0.25, -0.2) is 0 Å². The fraction of sp³-hybridized carbons (Fsp3) is 0.917. The average Bonchev–Trinajstić information content (AvgIpc) is 2.48. The molecule has 0 aromatic heterocycles. The van der Waals surface area contributed by atoms with E-state index in [0.717, 1.165) is 25.5 Å². The summed E-state index contributed by atoms with van der Waals surface area (Å²) in [5, 5.41) is 0.239. The molecule has 2 atom stereocenters. The Morgan fingerprint density at radius 2 is 1.87 bits per heavy atom. The van der Waals surface area contributed by atoms with Crippen molar-refractivity contribution in [3.8, 4) is 0 Å². The van der Waals surface area contributed by atoms with E-state index in [1.165, 1.54) is 0 Å². The lowest BCUT2D eigenvalue weighted by atomic mass is 10.1. The zero-order valence-electron chi connectivity index (χ0n) is 10.7. The van der Waals surface area contributed by atoms with Gasteiger partial charge in [0, 0.05) is 5.92 Å². The maximum atomic E-state index is 10.9. The Balaban J connectivity index is 2.64. The van der Waals surface area contributed by atoms with E-state index in [1.807, 2.05) is 0 Å². The van der Waals surface area contributed by atoms with Gasteiger partial charge in [0.05, 0.1) is 6.10 Å². The van der Waals surface area contributed by atoms with Crippen LogP contribution in [0.25, 0.3) is 0 Å². The second-order valence-electron chi connectivity index (χ2n) is 6.15. The second kappa shape index (κ2) is 4.38. The molecule has 1 aliphatic carbocycles. The molecule has 0 unspecified atom stereocenters. The standard InChI is InChI=1S/C12H24O2Si/c1-12(2,3)15(4,5)14-11-8-6-7-10(11)9-13/h9-11H,6-8H2,1-5H3/t10-,11+/m0/s1. The maximum Gasteiger partial charge on any atom is 0.192 e. The molecule has 0 bridgehead atoms. The van der Waals surface area contributed by atoms with Crippen molar-refractivity contribution in [2.24, 2.45) is 5.92 Å². The van der Waals surface area contributed by atoms with Crippen molar-refractivity contribution in [3.63, 3.8) is 0 Å². The summed E-state index contributed by atoms with van der Waals surface area (Å²) in [7, 11) is -1.69. The van der Waals surface area contributed by atoms with Crippen molar-refractivity contribution >= 4 is 14.6 Å². The van der Waals surface area contributed by atoms with Crippen molar-refractivity contribution in [2.75, 3.05) is 0 Å². The maximum absolute atomic E-state index is 10.9. The molecular formula is C12H24O2Si. The average molecular weight is 228 g/mol. The first-order valence-corrected chi connectivity index (χ1v) is 8.82. The van der Waals surface area contributed by atoms with Crippen LogP contribution in [-0.2, 0) is 9.22 Å². The second-order valence-corrected chi connectivity index (χ2v) is 10.9. The van der Waals surface area contributed by atoms with E-state index in [4.69, 9.17) is 4.43 Å². The van der Waals surface area contributed by atoms with Crippen molar-refractivity contribution in [1.82, 2.24) is 0 Å². The molecule has 0 saturated heterocycles. The molecule has 0 aliphatic heterocycles. The SMILES string of the molecule is CC(C)(C)[Si](C)(C)O[C@@H]1CCC[C@H]1C=O. The first-order valence-electron chi connectivity index (χ1n) is 5.91. The largest absolute Gasteiger partial charge is 0.413 e. The summed E-state index contributed by atoms with van der Waals surface area (Å²) in [4.78, 5) is 10.9. The zero-order chi connectivity index (χ0) is 11.7. The van der Waals surface area contributed by atoms with Crippen LogP contribution in [0.4, 0.5) is 0 Å². The fourth-order valence-electron chi connectivity index (χ4n) is 1.81. The summed E-state index contributed by atoms with van der Waals surface area (Å²) in [5.74, 6) is 0.152. The van der Waals surface area contributed by atoms with Crippen LogP contribution in [-0.4, -0.2) is 20.7 Å². The third-order valence-electron chi connectivity index (χ3n) is 3.93. The topological polar surface area (TPSA) is 26.3 Å². The molecule has 1 fully saturated rings. The van der Waals surface area contributed by atoms with E-state index < -0.39 is 8.32 Å². The molecule has 0 spiro atoms. The number of carbonyl (C=O) groups excluding carboxylic acids is 1. The highest BCUT2D eigenvalue weighted by Gasteiger charge is 2.41. The fourth-order valence-corrected chi connectivity index (χ4v) is 3.21. The number of hydrogen-bond acceptors (Lipinski definition) is 2. The van der Waals surface area contributed by atoms with Crippen LogP contribution < -0.4 is 0 Å². The Morgan fingerprint density at radius 3 is 2.33 bits per heavy atom. The highest BCUT2D eigenvalue weighted by atomic mass is 28.4. The van der Waals surface area contributed by atoms with E-state index in [-0.39, 0.29) is 17.1 Å². The minimum Gasteiger partial charge on any atom is -0.413 e. The zero-order valence-corrected chi connectivity index (χ0v) is 11.7. The first kappa shape index (κ1) is 12.9. The smallest absolute Gasteiger partial charge is 0.192 e. The minimum absolute atomic E-state index is 0.152. The predicted octanol–water partition coefficient (Wildman–Crippen LogP) is 3.38. The Hall–Kier alpha value is -0.153. The molecule has 0 aromatic carbocycles. The van der Waals surface area contributed by atoms with Gasteiger partial charge in [-0.1, -0.05) is 27.2 Å². The van der Waals surface area contributed by atoms with Crippen molar-refractivity contribution in [2.45, 2.75) is 64.3 Å². The molecule has 15 heavy (non-hydrogen) atoms. The van der Waals surface area contributed by atoms with Gasteiger partial charge in [-0.2, -0.15) is 0 Å². The van der Waals surface area contributed by atoms with E-state index in [1.54, 1.807) is 0 Å². The Labute approximate surface area is 94.5 Å². The molecular weight excluding hydrogens is 204 g/mol. The minimum atomic E-state index is -1.69. The number of carbonyl (C=O) groups is 1. The summed E-state index contributed by atoms with van der Waals surface area (Å²) in [6.07, 6.45) is 4.51. The molecule has 0 heterocycles. The molecule has 2 nitrogen and oxygen atoms in total. The van der Waals surface area contributed by atoms with Crippen LogP contribution in [0.1, 0.15) is 40.0 Å². The molecule has 1 rings (SSSR count). The Morgan fingerprint density at radius 1 is 1.27 bits per heavy atom. The summed E-state index contributed by atoms with van der Waals surface area (Å²) in [6, 6.07) is 0.